The summed E-state index contributed by atoms with van der Waals surface area (Å²) in [6.07, 6.45) is 1.31. The van der Waals surface area contributed by atoms with Crippen LogP contribution in [0.25, 0.3) is 0 Å². The molecule has 0 unspecified atom stereocenters. The van der Waals surface area contributed by atoms with E-state index in [0.29, 0.717) is 0 Å². The maximum absolute atomic E-state index is 12.2. The number of hydrogen-bond acceptors (Lipinski definition) is 2. The van der Waals surface area contributed by atoms with Gasteiger partial charge in [-0.15, -0.1) is 6.42 Å². The molecule has 1 aromatic heterocycles. The number of hydrogen-bond donors (Lipinski definition) is 0. The maximum atomic E-state index is 12.2. The number of terminal acetylenes is 1. The standard InChI is InChI=1S/C7H2BrF3N2/c1-2-5-12-3-4(8)6(13-5)7(9,10)11/h1,3H. The minimum absolute atomic E-state index is 0.223. The van der Waals surface area contributed by atoms with E-state index >= 15 is 0 Å². The second-order valence-electron chi connectivity index (χ2n) is 2.03. The molecule has 2 nitrogen and oxygen atoms in total. The largest absolute Gasteiger partial charge is 0.434 e. The molecule has 0 aromatic carbocycles. The highest BCUT2D eigenvalue weighted by Crippen LogP contribution is 2.32. The highest BCUT2D eigenvalue weighted by Gasteiger charge is 2.35. The van der Waals surface area contributed by atoms with Crippen molar-refractivity contribution in [2.24, 2.45) is 0 Å². The fourth-order valence-corrected chi connectivity index (χ4v) is 1.05. The van der Waals surface area contributed by atoms with E-state index in [2.05, 4.69) is 25.9 Å². The van der Waals surface area contributed by atoms with Crippen molar-refractivity contribution in [3.63, 3.8) is 0 Å². The Labute approximate surface area is 80.3 Å². The lowest BCUT2D eigenvalue weighted by molar-refractivity contribution is -0.141. The first-order valence-electron chi connectivity index (χ1n) is 3.01. The average molecular weight is 251 g/mol. The maximum Gasteiger partial charge on any atom is 0.434 e. The van der Waals surface area contributed by atoms with Crippen molar-refractivity contribution in [3.05, 3.63) is 22.2 Å². The zero-order chi connectivity index (χ0) is 10.1. The lowest BCUT2D eigenvalue weighted by Gasteiger charge is -2.06. The van der Waals surface area contributed by atoms with Gasteiger partial charge in [-0.3, -0.25) is 0 Å². The lowest BCUT2D eigenvalue weighted by atomic mass is 10.4. The third-order valence-corrected chi connectivity index (χ3v) is 1.72. The summed E-state index contributed by atoms with van der Waals surface area (Å²) in [6, 6.07) is 0. The molecule has 0 aliphatic heterocycles. The van der Waals surface area contributed by atoms with Crippen molar-refractivity contribution < 1.29 is 13.2 Å². The van der Waals surface area contributed by atoms with Crippen LogP contribution in [0.5, 0.6) is 0 Å². The van der Waals surface area contributed by atoms with Gasteiger partial charge in [-0.25, -0.2) is 9.97 Å². The zero-order valence-corrected chi connectivity index (χ0v) is 7.65. The highest BCUT2D eigenvalue weighted by atomic mass is 79.9. The number of nitrogens with zero attached hydrogens (tertiary/aromatic N) is 2. The smallest absolute Gasteiger partial charge is 0.228 e. The van der Waals surface area contributed by atoms with Crippen molar-refractivity contribution in [2.45, 2.75) is 6.18 Å². The van der Waals surface area contributed by atoms with Crippen LogP contribution in [0.2, 0.25) is 0 Å². The summed E-state index contributed by atoms with van der Waals surface area (Å²) in [5, 5.41) is 0. The third kappa shape index (κ3) is 2.18. The van der Waals surface area contributed by atoms with Crippen LogP contribution in [0.4, 0.5) is 13.2 Å². The fourth-order valence-electron chi connectivity index (χ4n) is 0.635. The van der Waals surface area contributed by atoms with Gasteiger partial charge in [-0.2, -0.15) is 13.2 Å². The van der Waals surface area contributed by atoms with E-state index in [-0.39, 0.29) is 10.3 Å². The van der Waals surface area contributed by atoms with Gasteiger partial charge < -0.3 is 0 Å². The summed E-state index contributed by atoms with van der Waals surface area (Å²) in [5.41, 5.74) is -1.06. The van der Waals surface area contributed by atoms with Gasteiger partial charge in [0.2, 0.25) is 5.82 Å². The van der Waals surface area contributed by atoms with E-state index in [1.54, 1.807) is 0 Å². The number of halogens is 4. The van der Waals surface area contributed by atoms with Crippen LogP contribution >= 0.6 is 15.9 Å². The van der Waals surface area contributed by atoms with Crippen LogP contribution in [0.15, 0.2) is 10.7 Å². The first kappa shape index (κ1) is 9.99. The third-order valence-electron chi connectivity index (χ3n) is 1.14. The molecular formula is C7H2BrF3N2. The summed E-state index contributed by atoms with van der Waals surface area (Å²) in [7, 11) is 0. The molecule has 0 bridgehead atoms. The molecule has 0 saturated heterocycles. The first-order valence-corrected chi connectivity index (χ1v) is 3.81. The van der Waals surface area contributed by atoms with E-state index in [1.165, 1.54) is 0 Å². The quantitative estimate of drug-likeness (QED) is 0.661. The Morgan fingerprint density at radius 2 is 2.08 bits per heavy atom. The van der Waals surface area contributed by atoms with Crippen molar-refractivity contribution >= 4 is 15.9 Å². The Kier molecular flexibility index (Phi) is 2.57. The Morgan fingerprint density at radius 1 is 1.46 bits per heavy atom. The van der Waals surface area contributed by atoms with E-state index in [1.807, 2.05) is 5.92 Å². The summed E-state index contributed by atoms with van der Waals surface area (Å²) >= 11 is 2.68. The van der Waals surface area contributed by atoms with Gasteiger partial charge >= 0.3 is 6.18 Å². The van der Waals surface area contributed by atoms with Crippen molar-refractivity contribution in [1.82, 2.24) is 9.97 Å². The highest BCUT2D eigenvalue weighted by molar-refractivity contribution is 9.10. The Balaban J connectivity index is 3.29. The summed E-state index contributed by atoms with van der Waals surface area (Å²) < 4.78 is 36.3. The molecule has 13 heavy (non-hydrogen) atoms. The molecule has 0 saturated carbocycles. The molecule has 0 radical (unpaired) electrons. The molecule has 0 spiro atoms. The molecule has 6 heteroatoms. The van der Waals surface area contributed by atoms with Gasteiger partial charge in [-0.1, -0.05) is 0 Å². The minimum Gasteiger partial charge on any atom is -0.228 e. The Bertz CT molecular complexity index is 367. The number of rotatable bonds is 0. The molecule has 68 valence electrons. The normalized spacial score (nSPS) is 11.0. The predicted octanol–water partition coefficient (Wildman–Crippen LogP) is 2.24. The topological polar surface area (TPSA) is 25.8 Å². The minimum atomic E-state index is -4.52. The van der Waals surface area contributed by atoms with Gasteiger partial charge in [0, 0.05) is 6.20 Å². The second-order valence-corrected chi connectivity index (χ2v) is 2.89. The van der Waals surface area contributed by atoms with Crippen molar-refractivity contribution in [3.8, 4) is 12.3 Å². The second kappa shape index (κ2) is 3.34. The van der Waals surface area contributed by atoms with Gasteiger partial charge in [-0.05, 0) is 21.9 Å². The zero-order valence-electron chi connectivity index (χ0n) is 6.06. The Hall–Kier alpha value is -1.09. The summed E-state index contributed by atoms with van der Waals surface area (Å²) in [5.74, 6) is 1.64. The van der Waals surface area contributed by atoms with Crippen LogP contribution in [0, 0.1) is 12.3 Å². The molecule has 0 N–H and O–H groups in total. The monoisotopic (exact) mass is 250 g/mol. The van der Waals surface area contributed by atoms with Crippen LogP contribution in [0.1, 0.15) is 11.5 Å². The van der Waals surface area contributed by atoms with Crippen molar-refractivity contribution in [1.29, 1.82) is 0 Å². The van der Waals surface area contributed by atoms with Crippen LogP contribution in [-0.2, 0) is 6.18 Å². The number of aromatic nitrogens is 2. The van der Waals surface area contributed by atoms with Crippen LogP contribution in [-0.4, -0.2) is 9.97 Å². The molecule has 0 fully saturated rings. The predicted molar refractivity (Wildman–Crippen MR) is 42.7 cm³/mol. The molecular weight excluding hydrogens is 249 g/mol. The van der Waals surface area contributed by atoms with Crippen LogP contribution < -0.4 is 0 Å². The van der Waals surface area contributed by atoms with Gasteiger partial charge in [0.25, 0.3) is 0 Å². The van der Waals surface area contributed by atoms with Crippen LogP contribution in [0.3, 0.4) is 0 Å². The fraction of sp³-hybridized carbons (Fsp3) is 0.143. The molecule has 0 atom stereocenters. The summed E-state index contributed by atoms with van der Waals surface area (Å²) in [4.78, 5) is 6.62. The SMILES string of the molecule is C#Cc1ncc(Br)c(C(F)(F)F)n1. The van der Waals surface area contributed by atoms with E-state index in [9.17, 15) is 13.2 Å². The summed E-state index contributed by atoms with van der Waals surface area (Å²) in [6.45, 7) is 0. The lowest BCUT2D eigenvalue weighted by Crippen LogP contribution is -2.10. The number of alkyl halides is 3. The molecule has 1 aromatic rings. The molecule has 0 aliphatic rings. The van der Waals surface area contributed by atoms with Gasteiger partial charge in [0.1, 0.15) is 0 Å². The first-order chi connectivity index (χ1) is 5.95. The van der Waals surface area contributed by atoms with E-state index in [4.69, 9.17) is 6.42 Å². The molecule has 1 heterocycles. The molecule has 0 aliphatic carbocycles. The van der Waals surface area contributed by atoms with Gasteiger partial charge in [0.05, 0.1) is 4.47 Å². The van der Waals surface area contributed by atoms with Gasteiger partial charge in [0.15, 0.2) is 5.69 Å². The Morgan fingerprint density at radius 3 is 2.54 bits per heavy atom. The van der Waals surface area contributed by atoms with Crippen molar-refractivity contribution in [2.75, 3.05) is 0 Å². The van der Waals surface area contributed by atoms with E-state index in [0.717, 1.165) is 6.20 Å². The van der Waals surface area contributed by atoms with E-state index < -0.39 is 11.9 Å². The molecule has 1 rings (SSSR count). The molecule has 0 amide bonds. The average Bonchev–Trinajstić information content (AvgIpc) is 2.03.